The molecular formula is C18H17N5O2. The quantitative estimate of drug-likeness (QED) is 0.771. The molecule has 4 rings (SSSR count). The average Bonchev–Trinajstić information content (AvgIpc) is 3.27. The molecule has 7 heteroatoms. The van der Waals surface area contributed by atoms with Crippen LogP contribution >= 0.6 is 0 Å². The molecule has 1 N–H and O–H groups in total. The van der Waals surface area contributed by atoms with Crippen molar-refractivity contribution in [1.29, 1.82) is 0 Å². The number of benzene rings is 1. The maximum absolute atomic E-state index is 13.0. The number of H-pyrrole nitrogens is 1. The zero-order valence-corrected chi connectivity index (χ0v) is 14.0. The van der Waals surface area contributed by atoms with Crippen molar-refractivity contribution < 1.29 is 4.79 Å². The van der Waals surface area contributed by atoms with Crippen molar-refractivity contribution in [3.8, 4) is 11.3 Å². The molecule has 0 aliphatic carbocycles. The highest BCUT2D eigenvalue weighted by Crippen LogP contribution is 2.25. The SMILES string of the molecule is Cc1nc2c(c(=O)n1C)CN(C(=O)c1cn[nH]c1-c1ccccc1)C2. The van der Waals surface area contributed by atoms with Gasteiger partial charge < -0.3 is 4.90 Å². The molecular weight excluding hydrogens is 318 g/mol. The fourth-order valence-corrected chi connectivity index (χ4v) is 3.11. The summed E-state index contributed by atoms with van der Waals surface area (Å²) in [6, 6.07) is 9.58. The molecule has 0 fully saturated rings. The third kappa shape index (κ3) is 2.44. The Balaban J connectivity index is 1.68. The van der Waals surface area contributed by atoms with Crippen LogP contribution in [-0.4, -0.2) is 30.6 Å². The number of hydrogen-bond acceptors (Lipinski definition) is 4. The number of carbonyl (C=O) groups is 1. The topological polar surface area (TPSA) is 83.9 Å². The van der Waals surface area contributed by atoms with E-state index in [0.29, 0.717) is 34.9 Å². The van der Waals surface area contributed by atoms with Crippen LogP contribution in [0.5, 0.6) is 0 Å². The van der Waals surface area contributed by atoms with E-state index in [1.165, 1.54) is 10.8 Å². The summed E-state index contributed by atoms with van der Waals surface area (Å²) in [7, 11) is 1.69. The smallest absolute Gasteiger partial charge is 0.258 e. The highest BCUT2D eigenvalue weighted by atomic mass is 16.2. The summed E-state index contributed by atoms with van der Waals surface area (Å²) >= 11 is 0. The Morgan fingerprint density at radius 3 is 2.72 bits per heavy atom. The van der Waals surface area contributed by atoms with Gasteiger partial charge in [0.25, 0.3) is 11.5 Å². The molecule has 3 aromatic rings. The van der Waals surface area contributed by atoms with E-state index >= 15 is 0 Å². The molecule has 3 heterocycles. The number of nitrogens with one attached hydrogen (secondary N) is 1. The maximum Gasteiger partial charge on any atom is 0.258 e. The lowest BCUT2D eigenvalue weighted by molar-refractivity contribution is 0.0751. The van der Waals surface area contributed by atoms with Crippen LogP contribution in [0.2, 0.25) is 0 Å². The van der Waals surface area contributed by atoms with Crippen LogP contribution in [0.15, 0.2) is 41.3 Å². The summed E-state index contributed by atoms with van der Waals surface area (Å²) in [4.78, 5) is 31.5. The monoisotopic (exact) mass is 335 g/mol. The van der Waals surface area contributed by atoms with Crippen molar-refractivity contribution in [1.82, 2.24) is 24.6 Å². The Hall–Kier alpha value is -3.22. The largest absolute Gasteiger partial charge is 0.328 e. The summed E-state index contributed by atoms with van der Waals surface area (Å²) in [5, 5.41) is 6.93. The third-order valence-electron chi connectivity index (χ3n) is 4.60. The Bertz CT molecular complexity index is 1020. The van der Waals surface area contributed by atoms with Crippen LogP contribution in [0.1, 0.15) is 27.4 Å². The van der Waals surface area contributed by atoms with Gasteiger partial charge in [-0.1, -0.05) is 30.3 Å². The Labute approximate surface area is 143 Å². The molecule has 1 amide bonds. The lowest BCUT2D eigenvalue weighted by Gasteiger charge is -2.14. The first-order chi connectivity index (χ1) is 12.1. The molecule has 0 spiro atoms. The number of aromatic nitrogens is 4. The van der Waals surface area contributed by atoms with E-state index in [1.807, 2.05) is 30.3 Å². The molecule has 0 bridgehead atoms. The number of aromatic amines is 1. The molecule has 126 valence electrons. The zero-order valence-electron chi connectivity index (χ0n) is 14.0. The molecule has 0 unspecified atom stereocenters. The Morgan fingerprint density at radius 2 is 1.96 bits per heavy atom. The molecule has 1 aliphatic heterocycles. The number of aryl methyl sites for hydroxylation is 1. The van der Waals surface area contributed by atoms with Crippen molar-refractivity contribution in [3.63, 3.8) is 0 Å². The van der Waals surface area contributed by atoms with Crippen LogP contribution in [0.25, 0.3) is 11.3 Å². The zero-order chi connectivity index (χ0) is 17.6. The van der Waals surface area contributed by atoms with Crippen LogP contribution in [-0.2, 0) is 20.1 Å². The first kappa shape index (κ1) is 15.3. The van der Waals surface area contributed by atoms with Crippen molar-refractivity contribution >= 4 is 5.91 Å². The molecule has 1 aliphatic rings. The van der Waals surface area contributed by atoms with Crippen molar-refractivity contribution in [2.45, 2.75) is 20.0 Å². The first-order valence-electron chi connectivity index (χ1n) is 7.99. The van der Waals surface area contributed by atoms with E-state index in [2.05, 4.69) is 15.2 Å². The maximum atomic E-state index is 13.0. The molecule has 7 nitrogen and oxygen atoms in total. The van der Waals surface area contributed by atoms with Gasteiger partial charge in [-0.15, -0.1) is 0 Å². The Morgan fingerprint density at radius 1 is 1.20 bits per heavy atom. The first-order valence-corrected chi connectivity index (χ1v) is 7.99. The predicted octanol–water partition coefficient (Wildman–Crippen LogP) is 1.63. The second kappa shape index (κ2) is 5.70. The lowest BCUT2D eigenvalue weighted by atomic mass is 10.1. The van der Waals surface area contributed by atoms with Gasteiger partial charge in [-0.2, -0.15) is 5.10 Å². The second-order valence-corrected chi connectivity index (χ2v) is 6.13. The molecule has 2 aromatic heterocycles. The fourth-order valence-electron chi connectivity index (χ4n) is 3.11. The minimum atomic E-state index is -0.162. The van der Waals surface area contributed by atoms with Crippen molar-refractivity contribution in [3.05, 3.63) is 69.5 Å². The minimum absolute atomic E-state index is 0.0896. The van der Waals surface area contributed by atoms with Gasteiger partial charge in [-0.3, -0.25) is 19.3 Å². The summed E-state index contributed by atoms with van der Waals surface area (Å²) in [5.41, 5.74) is 3.24. The number of nitrogens with zero attached hydrogens (tertiary/aromatic N) is 4. The second-order valence-electron chi connectivity index (χ2n) is 6.13. The van der Waals surface area contributed by atoms with E-state index < -0.39 is 0 Å². The highest BCUT2D eigenvalue weighted by Gasteiger charge is 2.30. The standard InChI is InChI=1S/C18H17N5O2/c1-11-20-15-10-23(9-14(15)17(24)22(11)2)18(25)13-8-19-21-16(13)12-6-4-3-5-7-12/h3-8H,9-10H2,1-2H3,(H,19,21). The number of hydrogen-bond donors (Lipinski definition) is 1. The van der Waals surface area contributed by atoms with Gasteiger partial charge in [0.1, 0.15) is 5.82 Å². The molecule has 0 saturated carbocycles. The average molecular weight is 335 g/mol. The normalized spacial score (nSPS) is 13.1. The lowest BCUT2D eigenvalue weighted by Crippen LogP contribution is -2.27. The van der Waals surface area contributed by atoms with Gasteiger partial charge in [-0.25, -0.2) is 4.98 Å². The number of amides is 1. The summed E-state index contributed by atoms with van der Waals surface area (Å²) < 4.78 is 1.51. The van der Waals surface area contributed by atoms with E-state index in [4.69, 9.17) is 0 Å². The van der Waals surface area contributed by atoms with E-state index in [1.54, 1.807) is 18.9 Å². The van der Waals surface area contributed by atoms with E-state index in [9.17, 15) is 9.59 Å². The van der Waals surface area contributed by atoms with Crippen LogP contribution < -0.4 is 5.56 Å². The van der Waals surface area contributed by atoms with E-state index in [0.717, 1.165) is 5.56 Å². The number of rotatable bonds is 2. The molecule has 25 heavy (non-hydrogen) atoms. The number of fused-ring (bicyclic) bond motifs is 1. The van der Waals surface area contributed by atoms with Crippen LogP contribution in [0.4, 0.5) is 0 Å². The van der Waals surface area contributed by atoms with Gasteiger partial charge in [0.05, 0.1) is 41.8 Å². The van der Waals surface area contributed by atoms with E-state index in [-0.39, 0.29) is 18.0 Å². The highest BCUT2D eigenvalue weighted by molar-refractivity contribution is 5.99. The molecule has 0 radical (unpaired) electrons. The van der Waals surface area contributed by atoms with Gasteiger partial charge in [0, 0.05) is 12.6 Å². The molecule has 0 atom stereocenters. The summed E-state index contributed by atoms with van der Waals surface area (Å²) in [6.07, 6.45) is 1.53. The fraction of sp³-hybridized carbons (Fsp3) is 0.222. The van der Waals surface area contributed by atoms with Gasteiger partial charge >= 0.3 is 0 Å². The minimum Gasteiger partial charge on any atom is -0.328 e. The van der Waals surface area contributed by atoms with Crippen LogP contribution in [0.3, 0.4) is 0 Å². The van der Waals surface area contributed by atoms with Gasteiger partial charge in [-0.05, 0) is 6.92 Å². The van der Waals surface area contributed by atoms with Crippen molar-refractivity contribution in [2.75, 3.05) is 0 Å². The molecule has 0 saturated heterocycles. The third-order valence-corrected chi connectivity index (χ3v) is 4.60. The number of carbonyl (C=O) groups excluding carboxylic acids is 1. The Kier molecular flexibility index (Phi) is 3.49. The predicted molar refractivity (Wildman–Crippen MR) is 91.8 cm³/mol. The van der Waals surface area contributed by atoms with Crippen molar-refractivity contribution in [2.24, 2.45) is 7.05 Å². The molecule has 1 aromatic carbocycles. The van der Waals surface area contributed by atoms with Gasteiger partial charge in [0.15, 0.2) is 0 Å². The van der Waals surface area contributed by atoms with Gasteiger partial charge in [0.2, 0.25) is 0 Å². The van der Waals surface area contributed by atoms with Crippen LogP contribution in [0, 0.1) is 6.92 Å². The summed E-state index contributed by atoms with van der Waals surface area (Å²) in [6.45, 7) is 2.40. The summed E-state index contributed by atoms with van der Waals surface area (Å²) in [5.74, 6) is 0.483.